The number of nitrogens with zero attached hydrogens (tertiary/aromatic N) is 1. The van der Waals surface area contributed by atoms with Crippen LogP contribution in [-0.4, -0.2) is 30.0 Å². The molecule has 0 bridgehead atoms. The number of hydrogen-bond acceptors (Lipinski definition) is 3. The van der Waals surface area contributed by atoms with Crippen molar-refractivity contribution in [3.05, 3.63) is 59.2 Å². The molecule has 0 aromatic heterocycles. The third kappa shape index (κ3) is 4.14. The number of ether oxygens (including phenoxy) is 1. The van der Waals surface area contributed by atoms with E-state index in [2.05, 4.69) is 11.4 Å². The zero-order chi connectivity index (χ0) is 18.5. The Balaban J connectivity index is 1.72. The molecule has 0 unspecified atom stereocenters. The number of hydrogen-bond donors (Lipinski definition) is 2. The van der Waals surface area contributed by atoms with Crippen molar-refractivity contribution in [2.24, 2.45) is 5.73 Å². The van der Waals surface area contributed by atoms with Crippen LogP contribution in [0.3, 0.4) is 0 Å². The number of anilines is 1. The van der Waals surface area contributed by atoms with Crippen LogP contribution >= 0.6 is 0 Å². The van der Waals surface area contributed by atoms with Crippen molar-refractivity contribution < 1.29 is 14.3 Å². The first-order valence-electron chi connectivity index (χ1n) is 8.73. The topological polar surface area (TPSA) is 84.7 Å². The maximum Gasteiger partial charge on any atom is 0.322 e. The van der Waals surface area contributed by atoms with Crippen molar-refractivity contribution in [2.45, 2.75) is 26.3 Å². The number of benzene rings is 2. The lowest BCUT2D eigenvalue weighted by Crippen LogP contribution is -2.39. The molecule has 3 amide bonds. The van der Waals surface area contributed by atoms with E-state index in [1.54, 1.807) is 17.0 Å². The van der Waals surface area contributed by atoms with E-state index in [1.807, 2.05) is 31.2 Å². The fraction of sp³-hybridized carbons (Fsp3) is 0.300. The van der Waals surface area contributed by atoms with Crippen LogP contribution in [0.4, 0.5) is 10.5 Å². The molecule has 26 heavy (non-hydrogen) atoms. The van der Waals surface area contributed by atoms with Gasteiger partial charge < -0.3 is 20.7 Å². The van der Waals surface area contributed by atoms with Crippen molar-refractivity contribution in [2.75, 3.05) is 18.5 Å². The molecule has 1 heterocycles. The highest BCUT2D eigenvalue weighted by molar-refractivity contribution is 5.91. The Hall–Kier alpha value is -3.02. The van der Waals surface area contributed by atoms with E-state index in [9.17, 15) is 9.59 Å². The lowest BCUT2D eigenvalue weighted by molar-refractivity contribution is -0.117. The first-order chi connectivity index (χ1) is 12.6. The largest absolute Gasteiger partial charge is 0.494 e. The molecular formula is C20H23N3O3. The second-order valence-corrected chi connectivity index (χ2v) is 6.27. The molecule has 0 atom stereocenters. The molecule has 6 heteroatoms. The van der Waals surface area contributed by atoms with Crippen LogP contribution in [0.1, 0.15) is 23.6 Å². The Morgan fingerprint density at radius 3 is 2.77 bits per heavy atom. The Bertz CT molecular complexity index is 820. The Kier molecular flexibility index (Phi) is 5.41. The van der Waals surface area contributed by atoms with Gasteiger partial charge in [0.25, 0.3) is 0 Å². The third-order valence-electron chi connectivity index (χ3n) is 4.41. The summed E-state index contributed by atoms with van der Waals surface area (Å²) in [5, 5.41) is 2.90. The fourth-order valence-electron chi connectivity index (χ4n) is 3.14. The molecule has 0 saturated heterocycles. The number of rotatable bonds is 5. The number of nitrogens with two attached hydrogens (primary N) is 1. The summed E-state index contributed by atoms with van der Waals surface area (Å²) in [5.41, 5.74) is 8.96. The molecule has 0 saturated carbocycles. The minimum absolute atomic E-state index is 0.0942. The summed E-state index contributed by atoms with van der Waals surface area (Å²) in [6.07, 6.45) is 0.898. The van der Waals surface area contributed by atoms with Gasteiger partial charge in [-0.25, -0.2) is 4.79 Å². The number of para-hydroxylation sites is 1. The van der Waals surface area contributed by atoms with Crippen LogP contribution in [0.25, 0.3) is 0 Å². The molecule has 3 N–H and O–H groups in total. The molecule has 136 valence electrons. The zero-order valence-electron chi connectivity index (χ0n) is 14.8. The SMILES string of the molecule is CCOc1ccc2c(c1)CN(C(=O)Nc1ccccc1CC(N)=O)CC2. The second-order valence-electron chi connectivity index (χ2n) is 6.27. The quantitative estimate of drug-likeness (QED) is 0.867. The van der Waals surface area contributed by atoms with Gasteiger partial charge >= 0.3 is 6.03 Å². The van der Waals surface area contributed by atoms with Gasteiger partial charge in [0.15, 0.2) is 0 Å². The monoisotopic (exact) mass is 353 g/mol. The molecule has 1 aliphatic rings. The maximum absolute atomic E-state index is 12.7. The normalized spacial score (nSPS) is 13.0. The zero-order valence-corrected chi connectivity index (χ0v) is 14.8. The van der Waals surface area contributed by atoms with Gasteiger partial charge in [0.05, 0.1) is 13.0 Å². The number of fused-ring (bicyclic) bond motifs is 1. The fourth-order valence-corrected chi connectivity index (χ4v) is 3.14. The highest BCUT2D eigenvalue weighted by atomic mass is 16.5. The molecule has 2 aromatic carbocycles. The first-order valence-corrected chi connectivity index (χ1v) is 8.73. The molecule has 2 aromatic rings. The van der Waals surface area contributed by atoms with Gasteiger partial charge in [0.2, 0.25) is 5.91 Å². The van der Waals surface area contributed by atoms with Crippen LogP contribution in [0.5, 0.6) is 5.75 Å². The predicted octanol–water partition coefficient (Wildman–Crippen LogP) is 2.70. The van der Waals surface area contributed by atoms with Gasteiger partial charge in [-0.15, -0.1) is 0 Å². The van der Waals surface area contributed by atoms with E-state index >= 15 is 0 Å². The van der Waals surface area contributed by atoms with E-state index < -0.39 is 5.91 Å². The standard InChI is InChI=1S/C20H23N3O3/c1-2-26-17-8-7-14-9-10-23(13-16(14)11-17)20(25)22-18-6-4-3-5-15(18)12-19(21)24/h3-8,11H,2,9-10,12-13H2,1H3,(H2,21,24)(H,22,25). The number of primary amides is 1. The summed E-state index contributed by atoms with van der Waals surface area (Å²) in [5.74, 6) is 0.391. The number of carbonyl (C=O) groups excluding carboxylic acids is 2. The van der Waals surface area contributed by atoms with Gasteiger partial charge in [-0.3, -0.25) is 4.79 Å². The maximum atomic E-state index is 12.7. The van der Waals surface area contributed by atoms with Crippen LogP contribution in [0, 0.1) is 0 Å². The number of carbonyl (C=O) groups is 2. The summed E-state index contributed by atoms with van der Waals surface area (Å²) < 4.78 is 5.55. The lowest BCUT2D eigenvalue weighted by atomic mass is 9.99. The van der Waals surface area contributed by atoms with E-state index in [4.69, 9.17) is 10.5 Å². The van der Waals surface area contributed by atoms with E-state index in [1.165, 1.54) is 5.56 Å². The Labute approximate surface area is 152 Å². The highest BCUT2D eigenvalue weighted by Crippen LogP contribution is 2.25. The number of nitrogens with one attached hydrogen (secondary N) is 1. The molecule has 0 aliphatic carbocycles. The van der Waals surface area contributed by atoms with Gasteiger partial charge in [0.1, 0.15) is 5.75 Å². The van der Waals surface area contributed by atoms with Crippen LogP contribution in [-0.2, 0) is 24.2 Å². The number of urea groups is 1. The minimum atomic E-state index is -0.429. The van der Waals surface area contributed by atoms with Gasteiger partial charge in [-0.1, -0.05) is 24.3 Å². The summed E-state index contributed by atoms with van der Waals surface area (Å²) in [6, 6.07) is 13.1. The van der Waals surface area contributed by atoms with Crippen molar-refractivity contribution in [3.63, 3.8) is 0 Å². The molecule has 0 fully saturated rings. The van der Waals surface area contributed by atoms with Crippen molar-refractivity contribution in [1.82, 2.24) is 4.90 Å². The Morgan fingerprint density at radius 2 is 2.00 bits per heavy atom. The van der Waals surface area contributed by atoms with Crippen molar-refractivity contribution in [3.8, 4) is 5.75 Å². The van der Waals surface area contributed by atoms with E-state index in [0.717, 1.165) is 17.7 Å². The smallest absolute Gasteiger partial charge is 0.322 e. The second kappa shape index (κ2) is 7.91. The lowest BCUT2D eigenvalue weighted by Gasteiger charge is -2.29. The van der Waals surface area contributed by atoms with Gasteiger partial charge in [-0.2, -0.15) is 0 Å². The number of amides is 3. The molecule has 0 spiro atoms. The first kappa shape index (κ1) is 17.8. The van der Waals surface area contributed by atoms with Crippen LogP contribution in [0.2, 0.25) is 0 Å². The average Bonchev–Trinajstić information content (AvgIpc) is 2.62. The van der Waals surface area contributed by atoms with E-state index in [0.29, 0.717) is 30.9 Å². The highest BCUT2D eigenvalue weighted by Gasteiger charge is 2.22. The molecule has 0 radical (unpaired) electrons. The Morgan fingerprint density at radius 1 is 1.19 bits per heavy atom. The predicted molar refractivity (Wildman–Crippen MR) is 100 cm³/mol. The molecule has 1 aliphatic heterocycles. The summed E-state index contributed by atoms with van der Waals surface area (Å²) in [4.78, 5) is 25.7. The van der Waals surface area contributed by atoms with E-state index in [-0.39, 0.29) is 12.5 Å². The van der Waals surface area contributed by atoms with Gasteiger partial charge in [0, 0.05) is 18.8 Å². The molecule has 6 nitrogen and oxygen atoms in total. The third-order valence-corrected chi connectivity index (χ3v) is 4.41. The average molecular weight is 353 g/mol. The summed E-state index contributed by atoms with van der Waals surface area (Å²) in [7, 11) is 0. The van der Waals surface area contributed by atoms with Crippen molar-refractivity contribution in [1.29, 1.82) is 0 Å². The van der Waals surface area contributed by atoms with Crippen LogP contribution in [0.15, 0.2) is 42.5 Å². The van der Waals surface area contributed by atoms with Crippen LogP contribution < -0.4 is 15.8 Å². The summed E-state index contributed by atoms with van der Waals surface area (Å²) in [6.45, 7) is 3.73. The minimum Gasteiger partial charge on any atom is -0.494 e. The van der Waals surface area contributed by atoms with Crippen molar-refractivity contribution >= 4 is 17.6 Å². The molecular weight excluding hydrogens is 330 g/mol. The molecule has 3 rings (SSSR count). The van der Waals surface area contributed by atoms with Gasteiger partial charge in [-0.05, 0) is 48.2 Å². The summed E-state index contributed by atoms with van der Waals surface area (Å²) >= 11 is 0.